The molecule has 1 aliphatic rings. The molecule has 1 nitrogen and oxygen atoms in total. The van der Waals surface area contributed by atoms with E-state index in [4.69, 9.17) is 0 Å². The van der Waals surface area contributed by atoms with Crippen LogP contribution in [-0.4, -0.2) is 30.7 Å². The third kappa shape index (κ3) is 1.42. The van der Waals surface area contributed by atoms with E-state index in [2.05, 4.69) is 0 Å². The number of halogens is 3. The minimum Gasteiger partial charge on any atom is -0.295 e. The summed E-state index contributed by atoms with van der Waals surface area (Å²) in [5.41, 5.74) is 0. The van der Waals surface area contributed by atoms with Crippen LogP contribution in [0.2, 0.25) is 0 Å². The van der Waals surface area contributed by atoms with Crippen LogP contribution >= 0.6 is 0 Å². The summed E-state index contributed by atoms with van der Waals surface area (Å²) in [5.74, 6) is 0. The van der Waals surface area contributed by atoms with Crippen molar-refractivity contribution < 1.29 is 13.2 Å². The molecule has 0 aliphatic carbocycles. The lowest BCUT2D eigenvalue weighted by molar-refractivity contribution is -0.172. The normalized spacial score (nSPS) is 29.4. The highest BCUT2D eigenvalue weighted by atomic mass is 19.4. The number of rotatable bonds is 0. The molecule has 1 saturated heterocycles. The van der Waals surface area contributed by atoms with E-state index in [1.54, 1.807) is 0 Å². The molecule has 0 spiro atoms. The highest BCUT2D eigenvalue weighted by Crippen LogP contribution is 2.30. The fourth-order valence-corrected chi connectivity index (χ4v) is 1.32. The largest absolute Gasteiger partial charge is 0.404 e. The van der Waals surface area contributed by atoms with Gasteiger partial charge in [-0.15, -0.1) is 0 Å². The molecule has 10 heavy (non-hydrogen) atoms. The van der Waals surface area contributed by atoms with Crippen LogP contribution in [0.25, 0.3) is 0 Å². The Morgan fingerprint density at radius 1 is 1.40 bits per heavy atom. The minimum atomic E-state index is -4.02. The van der Waals surface area contributed by atoms with E-state index in [0.29, 0.717) is 13.0 Å². The predicted molar refractivity (Wildman–Crippen MR) is 31.7 cm³/mol. The number of likely N-dealkylation sites (tertiary alicyclic amines) is 1. The van der Waals surface area contributed by atoms with Crippen LogP contribution in [0.4, 0.5) is 13.2 Å². The average molecular weight is 153 g/mol. The number of hydrogen-bond donors (Lipinski definition) is 0. The number of hydrogen-bond acceptors (Lipinski definition) is 1. The van der Waals surface area contributed by atoms with Crippen LogP contribution in [0.1, 0.15) is 12.8 Å². The van der Waals surface area contributed by atoms with Crippen molar-refractivity contribution in [1.29, 1.82) is 0 Å². The van der Waals surface area contributed by atoms with Gasteiger partial charge in [0.25, 0.3) is 0 Å². The first-order chi connectivity index (χ1) is 4.52. The van der Waals surface area contributed by atoms with Crippen LogP contribution in [0.3, 0.4) is 0 Å². The second-order valence-electron chi connectivity index (χ2n) is 2.68. The highest BCUT2D eigenvalue weighted by molar-refractivity contribution is 4.82. The van der Waals surface area contributed by atoms with E-state index < -0.39 is 12.2 Å². The predicted octanol–water partition coefficient (Wildman–Crippen LogP) is 1.64. The SMILES string of the molecule is CN1CCC[C@H]1C(F)(F)F. The zero-order valence-electron chi connectivity index (χ0n) is 5.78. The Kier molecular flexibility index (Phi) is 1.90. The van der Waals surface area contributed by atoms with Gasteiger partial charge >= 0.3 is 6.18 Å². The first kappa shape index (κ1) is 7.85. The zero-order valence-corrected chi connectivity index (χ0v) is 5.78. The van der Waals surface area contributed by atoms with Crippen molar-refractivity contribution in [2.75, 3.05) is 13.6 Å². The molecule has 0 aromatic rings. The Balaban J connectivity index is 2.55. The zero-order chi connectivity index (χ0) is 7.78. The quantitative estimate of drug-likeness (QED) is 0.511. The van der Waals surface area contributed by atoms with E-state index >= 15 is 0 Å². The summed E-state index contributed by atoms with van der Waals surface area (Å²) in [7, 11) is 1.52. The summed E-state index contributed by atoms with van der Waals surface area (Å²) >= 11 is 0. The van der Waals surface area contributed by atoms with Gasteiger partial charge in [-0.3, -0.25) is 4.90 Å². The van der Waals surface area contributed by atoms with E-state index in [1.807, 2.05) is 0 Å². The third-order valence-electron chi connectivity index (χ3n) is 1.90. The summed E-state index contributed by atoms with van der Waals surface area (Å²) in [6.07, 6.45) is -3.09. The Labute approximate surface area is 57.8 Å². The fraction of sp³-hybridized carbons (Fsp3) is 1.00. The first-order valence-electron chi connectivity index (χ1n) is 3.29. The minimum absolute atomic E-state index is 0.264. The second-order valence-corrected chi connectivity index (χ2v) is 2.68. The Bertz CT molecular complexity index is 121. The Hall–Kier alpha value is -0.250. The molecular formula is C6H10F3N. The van der Waals surface area contributed by atoms with Crippen LogP contribution in [0.15, 0.2) is 0 Å². The van der Waals surface area contributed by atoms with Crippen LogP contribution < -0.4 is 0 Å². The molecule has 0 aromatic heterocycles. The van der Waals surface area contributed by atoms with Crippen molar-refractivity contribution in [2.45, 2.75) is 25.1 Å². The van der Waals surface area contributed by atoms with Gasteiger partial charge in [-0.25, -0.2) is 0 Å². The molecule has 0 radical (unpaired) electrons. The van der Waals surface area contributed by atoms with Gasteiger partial charge < -0.3 is 0 Å². The molecule has 1 fully saturated rings. The van der Waals surface area contributed by atoms with Gasteiger partial charge in [0.15, 0.2) is 0 Å². The lowest BCUT2D eigenvalue weighted by Crippen LogP contribution is -2.38. The summed E-state index contributed by atoms with van der Waals surface area (Å²) in [6.45, 7) is 0.574. The van der Waals surface area contributed by atoms with Crippen molar-refractivity contribution in [1.82, 2.24) is 4.90 Å². The van der Waals surface area contributed by atoms with E-state index in [-0.39, 0.29) is 6.42 Å². The van der Waals surface area contributed by atoms with Gasteiger partial charge in [-0.05, 0) is 26.4 Å². The van der Waals surface area contributed by atoms with Crippen LogP contribution in [-0.2, 0) is 0 Å². The molecule has 0 N–H and O–H groups in total. The van der Waals surface area contributed by atoms with Gasteiger partial charge in [-0.1, -0.05) is 0 Å². The van der Waals surface area contributed by atoms with E-state index in [9.17, 15) is 13.2 Å². The van der Waals surface area contributed by atoms with Crippen molar-refractivity contribution in [3.8, 4) is 0 Å². The molecule has 1 rings (SSSR count). The summed E-state index contributed by atoms with van der Waals surface area (Å²) in [4.78, 5) is 1.36. The molecule has 4 heteroatoms. The molecule has 1 heterocycles. The van der Waals surface area contributed by atoms with E-state index in [1.165, 1.54) is 11.9 Å². The highest BCUT2D eigenvalue weighted by Gasteiger charge is 2.44. The standard InChI is InChI=1S/C6H10F3N/c1-10-4-2-3-5(10)6(7,8)9/h5H,2-4H2,1H3/t5-/m0/s1. The molecule has 0 amide bonds. The van der Waals surface area contributed by atoms with Crippen molar-refractivity contribution in [2.24, 2.45) is 0 Å². The van der Waals surface area contributed by atoms with Crippen LogP contribution in [0.5, 0.6) is 0 Å². The van der Waals surface area contributed by atoms with Crippen molar-refractivity contribution >= 4 is 0 Å². The molecule has 0 bridgehead atoms. The Morgan fingerprint density at radius 2 is 2.00 bits per heavy atom. The molecule has 1 aliphatic heterocycles. The second kappa shape index (κ2) is 2.42. The third-order valence-corrected chi connectivity index (χ3v) is 1.90. The van der Waals surface area contributed by atoms with Gasteiger partial charge in [-0.2, -0.15) is 13.2 Å². The summed E-state index contributed by atoms with van der Waals surface area (Å²) in [6, 6.07) is -1.19. The molecule has 1 atom stereocenters. The maximum Gasteiger partial charge on any atom is 0.404 e. The monoisotopic (exact) mass is 153 g/mol. The number of alkyl halides is 3. The lowest BCUT2D eigenvalue weighted by Gasteiger charge is -2.21. The van der Waals surface area contributed by atoms with E-state index in [0.717, 1.165) is 0 Å². The maximum atomic E-state index is 12.0. The number of nitrogens with zero attached hydrogens (tertiary/aromatic N) is 1. The maximum absolute atomic E-state index is 12.0. The average Bonchev–Trinajstić information content (AvgIpc) is 2.11. The van der Waals surface area contributed by atoms with Crippen molar-refractivity contribution in [3.63, 3.8) is 0 Å². The topological polar surface area (TPSA) is 3.24 Å². The first-order valence-corrected chi connectivity index (χ1v) is 3.29. The van der Waals surface area contributed by atoms with Crippen LogP contribution in [0, 0.1) is 0 Å². The van der Waals surface area contributed by atoms with Gasteiger partial charge in [0.1, 0.15) is 6.04 Å². The molecule has 0 saturated carbocycles. The van der Waals surface area contributed by atoms with Gasteiger partial charge in [0, 0.05) is 0 Å². The summed E-state index contributed by atoms with van der Waals surface area (Å²) in [5, 5.41) is 0. The van der Waals surface area contributed by atoms with Gasteiger partial charge in [0.05, 0.1) is 0 Å². The van der Waals surface area contributed by atoms with Crippen molar-refractivity contribution in [3.05, 3.63) is 0 Å². The Morgan fingerprint density at radius 3 is 2.20 bits per heavy atom. The molecule has 0 unspecified atom stereocenters. The lowest BCUT2D eigenvalue weighted by atomic mass is 10.2. The smallest absolute Gasteiger partial charge is 0.295 e. The fourth-order valence-electron chi connectivity index (χ4n) is 1.32. The summed E-state index contributed by atoms with van der Waals surface area (Å²) < 4.78 is 35.9. The molecule has 60 valence electrons. The van der Waals surface area contributed by atoms with Gasteiger partial charge in [0.2, 0.25) is 0 Å². The molecular weight excluding hydrogens is 143 g/mol. The molecule has 0 aromatic carbocycles.